The van der Waals surface area contributed by atoms with Crippen LogP contribution in [0.15, 0.2) is 49.1 Å². The van der Waals surface area contributed by atoms with Crippen LogP contribution in [0.2, 0.25) is 0 Å². The summed E-state index contributed by atoms with van der Waals surface area (Å²) < 4.78 is 33.7. The number of rotatable bonds is 5. The van der Waals surface area contributed by atoms with Gasteiger partial charge in [-0.2, -0.15) is 0 Å². The highest BCUT2D eigenvalue weighted by molar-refractivity contribution is 5.65. The van der Waals surface area contributed by atoms with Crippen molar-refractivity contribution in [2.45, 2.75) is 44.6 Å². The molecule has 1 aliphatic rings. The van der Waals surface area contributed by atoms with Crippen LogP contribution in [-0.2, 0) is 4.74 Å². The van der Waals surface area contributed by atoms with Crippen LogP contribution in [0.5, 0.6) is 0 Å². The zero-order valence-corrected chi connectivity index (χ0v) is 14.6. The van der Waals surface area contributed by atoms with E-state index < -0.39 is 11.6 Å². The Hall–Kier alpha value is -2.00. The summed E-state index contributed by atoms with van der Waals surface area (Å²) in [6.45, 7) is 5.87. The van der Waals surface area contributed by atoms with Gasteiger partial charge in [-0.05, 0) is 55.2 Å². The van der Waals surface area contributed by atoms with Gasteiger partial charge < -0.3 is 4.74 Å². The number of hydrogen-bond acceptors (Lipinski definition) is 1. The molecule has 0 spiro atoms. The molecule has 3 rings (SSSR count). The number of aryl methyl sites for hydroxylation is 1. The first kappa shape index (κ1) is 17.8. The van der Waals surface area contributed by atoms with Gasteiger partial charge in [-0.3, -0.25) is 0 Å². The predicted octanol–water partition coefficient (Wildman–Crippen LogP) is 6.17. The van der Waals surface area contributed by atoms with Crippen molar-refractivity contribution in [1.29, 1.82) is 0 Å². The fourth-order valence-electron chi connectivity index (χ4n) is 3.57. The Labute approximate surface area is 148 Å². The summed E-state index contributed by atoms with van der Waals surface area (Å²) >= 11 is 0. The second kappa shape index (κ2) is 7.92. The van der Waals surface area contributed by atoms with Crippen molar-refractivity contribution in [1.82, 2.24) is 0 Å². The monoisotopic (exact) mass is 342 g/mol. The number of benzene rings is 2. The molecule has 0 radical (unpaired) electrons. The minimum Gasteiger partial charge on any atom is -0.374 e. The van der Waals surface area contributed by atoms with E-state index in [1.54, 1.807) is 25.1 Å². The van der Waals surface area contributed by atoms with E-state index in [1.807, 2.05) is 24.3 Å². The molecule has 0 aliphatic heterocycles. The zero-order valence-electron chi connectivity index (χ0n) is 14.6. The van der Waals surface area contributed by atoms with Crippen molar-refractivity contribution < 1.29 is 13.5 Å². The molecule has 0 atom stereocenters. The Morgan fingerprint density at radius 1 is 1.00 bits per heavy atom. The highest BCUT2D eigenvalue weighted by Gasteiger charge is 2.22. The van der Waals surface area contributed by atoms with Crippen molar-refractivity contribution >= 4 is 0 Å². The molecular formula is C22H24F2O. The first-order chi connectivity index (χ1) is 12.1. The molecule has 25 heavy (non-hydrogen) atoms. The Morgan fingerprint density at radius 2 is 1.68 bits per heavy atom. The van der Waals surface area contributed by atoms with E-state index in [2.05, 4.69) is 6.58 Å². The third-order valence-corrected chi connectivity index (χ3v) is 5.09. The number of halogens is 2. The van der Waals surface area contributed by atoms with Gasteiger partial charge in [0.15, 0.2) is 11.6 Å². The maximum Gasteiger partial charge on any atom is 0.166 e. The van der Waals surface area contributed by atoms with Gasteiger partial charge in [-0.15, -0.1) is 6.58 Å². The van der Waals surface area contributed by atoms with Crippen LogP contribution in [0.1, 0.15) is 42.7 Å². The van der Waals surface area contributed by atoms with Crippen molar-refractivity contribution in [3.05, 3.63) is 71.8 Å². The molecule has 0 N–H and O–H groups in total. The molecule has 1 saturated carbocycles. The van der Waals surface area contributed by atoms with Gasteiger partial charge in [0.25, 0.3) is 0 Å². The van der Waals surface area contributed by atoms with Crippen LogP contribution in [0.3, 0.4) is 0 Å². The van der Waals surface area contributed by atoms with Gasteiger partial charge in [0.1, 0.15) is 0 Å². The van der Waals surface area contributed by atoms with Crippen molar-refractivity contribution in [2.24, 2.45) is 0 Å². The lowest BCUT2D eigenvalue weighted by Gasteiger charge is -2.28. The molecule has 0 unspecified atom stereocenters. The lowest BCUT2D eigenvalue weighted by Crippen LogP contribution is -2.20. The second-order valence-corrected chi connectivity index (χ2v) is 6.78. The van der Waals surface area contributed by atoms with Crippen molar-refractivity contribution in [3.8, 4) is 11.1 Å². The Morgan fingerprint density at radius 3 is 2.32 bits per heavy atom. The maximum absolute atomic E-state index is 14.2. The minimum absolute atomic E-state index is 0.316. The Bertz CT molecular complexity index is 728. The Balaban J connectivity index is 1.69. The first-order valence-corrected chi connectivity index (χ1v) is 8.87. The maximum atomic E-state index is 14.2. The van der Waals surface area contributed by atoms with Crippen LogP contribution in [-0.4, -0.2) is 12.7 Å². The summed E-state index contributed by atoms with van der Waals surface area (Å²) in [6.07, 6.45) is 6.41. The molecule has 0 saturated heterocycles. The molecule has 132 valence electrons. The van der Waals surface area contributed by atoms with Gasteiger partial charge in [-0.25, -0.2) is 8.78 Å². The fraction of sp³-hybridized carbons (Fsp3) is 0.364. The quantitative estimate of drug-likeness (QED) is 0.591. The van der Waals surface area contributed by atoms with Gasteiger partial charge in [-0.1, -0.05) is 42.5 Å². The predicted molar refractivity (Wildman–Crippen MR) is 97.7 cm³/mol. The van der Waals surface area contributed by atoms with Gasteiger partial charge in [0, 0.05) is 5.56 Å². The van der Waals surface area contributed by atoms with Gasteiger partial charge in [0.05, 0.1) is 12.7 Å². The average molecular weight is 342 g/mol. The smallest absolute Gasteiger partial charge is 0.166 e. The lowest BCUT2D eigenvalue weighted by atomic mass is 9.82. The highest BCUT2D eigenvalue weighted by atomic mass is 19.2. The van der Waals surface area contributed by atoms with E-state index in [1.165, 1.54) is 5.56 Å². The van der Waals surface area contributed by atoms with E-state index in [0.717, 1.165) is 25.7 Å². The summed E-state index contributed by atoms with van der Waals surface area (Å²) in [7, 11) is 0. The normalized spacial score (nSPS) is 20.4. The van der Waals surface area contributed by atoms with E-state index in [9.17, 15) is 8.78 Å². The van der Waals surface area contributed by atoms with Crippen LogP contribution in [0.25, 0.3) is 11.1 Å². The molecule has 1 nitrogen and oxygen atoms in total. The van der Waals surface area contributed by atoms with Crippen LogP contribution in [0, 0.1) is 18.6 Å². The molecule has 0 aromatic heterocycles. The molecule has 2 aromatic rings. The number of ether oxygens (including phenoxy) is 1. The third kappa shape index (κ3) is 3.98. The van der Waals surface area contributed by atoms with Crippen LogP contribution >= 0.6 is 0 Å². The van der Waals surface area contributed by atoms with E-state index in [4.69, 9.17) is 4.74 Å². The van der Waals surface area contributed by atoms with Crippen LogP contribution in [0.4, 0.5) is 8.78 Å². The highest BCUT2D eigenvalue weighted by Crippen LogP contribution is 2.35. The molecular weight excluding hydrogens is 318 g/mol. The molecule has 1 aliphatic carbocycles. The van der Waals surface area contributed by atoms with E-state index >= 15 is 0 Å². The average Bonchev–Trinajstić information content (AvgIpc) is 2.65. The van der Waals surface area contributed by atoms with Gasteiger partial charge in [0.2, 0.25) is 0 Å². The summed E-state index contributed by atoms with van der Waals surface area (Å²) in [5, 5.41) is 0. The molecule has 1 fully saturated rings. The second-order valence-electron chi connectivity index (χ2n) is 6.78. The first-order valence-electron chi connectivity index (χ1n) is 8.87. The van der Waals surface area contributed by atoms with Gasteiger partial charge >= 0.3 is 0 Å². The molecule has 0 heterocycles. The standard InChI is InChI=1S/C22H24F2O/c1-3-14-25-19-11-9-17(10-12-19)16-5-7-18(8-6-16)20-13-4-15(2)21(23)22(20)24/h3-8,13,17,19H,1,9-12,14H2,2H3. The summed E-state index contributed by atoms with van der Waals surface area (Å²) in [4.78, 5) is 0. The molecule has 0 bridgehead atoms. The largest absolute Gasteiger partial charge is 0.374 e. The third-order valence-electron chi connectivity index (χ3n) is 5.09. The zero-order chi connectivity index (χ0) is 17.8. The summed E-state index contributed by atoms with van der Waals surface area (Å²) in [6, 6.07) is 11.1. The SMILES string of the molecule is C=CCOC1CCC(c2ccc(-c3ccc(C)c(F)c3F)cc2)CC1. The molecule has 2 aromatic carbocycles. The topological polar surface area (TPSA) is 9.23 Å². The fourth-order valence-corrected chi connectivity index (χ4v) is 3.57. The van der Waals surface area contributed by atoms with Crippen LogP contribution < -0.4 is 0 Å². The lowest BCUT2D eigenvalue weighted by molar-refractivity contribution is 0.0424. The summed E-state index contributed by atoms with van der Waals surface area (Å²) in [5.41, 5.74) is 2.62. The van der Waals surface area contributed by atoms with E-state index in [0.29, 0.717) is 35.3 Å². The van der Waals surface area contributed by atoms with Crippen molar-refractivity contribution in [2.75, 3.05) is 6.61 Å². The Kier molecular flexibility index (Phi) is 5.64. The van der Waals surface area contributed by atoms with Crippen molar-refractivity contribution in [3.63, 3.8) is 0 Å². The molecule has 3 heteroatoms. The molecule has 0 amide bonds. The van der Waals surface area contributed by atoms with E-state index in [-0.39, 0.29) is 0 Å². The number of hydrogen-bond donors (Lipinski definition) is 0. The summed E-state index contributed by atoms with van der Waals surface area (Å²) in [5.74, 6) is -1.02. The minimum atomic E-state index is -0.771.